The highest BCUT2D eigenvalue weighted by Gasteiger charge is 2.13. The summed E-state index contributed by atoms with van der Waals surface area (Å²) in [4.78, 5) is 12.9. The highest BCUT2D eigenvalue weighted by atomic mass is 16.4. The quantitative estimate of drug-likeness (QED) is 0.746. The Morgan fingerprint density at radius 3 is 2.84 bits per heavy atom. The van der Waals surface area contributed by atoms with Gasteiger partial charge in [0.05, 0.1) is 5.69 Å². The van der Waals surface area contributed by atoms with Crippen molar-refractivity contribution in [3.63, 3.8) is 0 Å². The second-order valence-electron chi connectivity index (χ2n) is 5.11. The van der Waals surface area contributed by atoms with Crippen LogP contribution >= 0.6 is 0 Å². The van der Waals surface area contributed by atoms with Crippen LogP contribution in [0.3, 0.4) is 0 Å². The van der Waals surface area contributed by atoms with Crippen molar-refractivity contribution >= 4 is 5.97 Å². The van der Waals surface area contributed by atoms with Crippen LogP contribution in [0.5, 0.6) is 0 Å². The molecule has 5 nitrogen and oxygen atoms in total. The van der Waals surface area contributed by atoms with E-state index in [1.165, 1.54) is 5.69 Å². The van der Waals surface area contributed by atoms with Gasteiger partial charge in [0.15, 0.2) is 0 Å². The minimum atomic E-state index is -0.722. The third-order valence-electron chi connectivity index (χ3n) is 3.17. The van der Waals surface area contributed by atoms with Gasteiger partial charge >= 0.3 is 5.97 Å². The lowest BCUT2D eigenvalue weighted by atomic mass is 10.2. The van der Waals surface area contributed by atoms with Crippen LogP contribution < -0.4 is 0 Å². The number of carbonyl (C=O) groups is 1. The largest absolute Gasteiger partial charge is 0.481 e. The van der Waals surface area contributed by atoms with Crippen LogP contribution in [-0.2, 0) is 17.9 Å². The molecule has 0 amide bonds. The van der Waals surface area contributed by atoms with Gasteiger partial charge in [0.1, 0.15) is 0 Å². The van der Waals surface area contributed by atoms with Crippen molar-refractivity contribution in [1.82, 2.24) is 14.7 Å². The van der Waals surface area contributed by atoms with Crippen molar-refractivity contribution in [2.45, 2.75) is 59.2 Å². The van der Waals surface area contributed by atoms with Gasteiger partial charge in [0, 0.05) is 31.7 Å². The number of hydrogen-bond acceptors (Lipinski definition) is 3. The molecule has 0 saturated carbocycles. The Balaban J connectivity index is 2.57. The first kappa shape index (κ1) is 15.7. The summed E-state index contributed by atoms with van der Waals surface area (Å²) in [7, 11) is 0. The van der Waals surface area contributed by atoms with Gasteiger partial charge in [-0.1, -0.05) is 6.92 Å². The summed E-state index contributed by atoms with van der Waals surface area (Å²) < 4.78 is 2.03. The molecule has 5 heteroatoms. The number of nitrogens with zero attached hydrogens (tertiary/aromatic N) is 3. The Morgan fingerprint density at radius 2 is 2.26 bits per heavy atom. The van der Waals surface area contributed by atoms with Crippen LogP contribution in [0.2, 0.25) is 0 Å². The molecule has 0 aliphatic heterocycles. The van der Waals surface area contributed by atoms with Crippen molar-refractivity contribution < 1.29 is 9.90 Å². The van der Waals surface area contributed by atoms with Crippen LogP contribution in [-0.4, -0.2) is 38.3 Å². The third kappa shape index (κ3) is 5.42. The Hall–Kier alpha value is -1.36. The first-order chi connectivity index (χ1) is 9.04. The van der Waals surface area contributed by atoms with Crippen LogP contribution in [0.15, 0.2) is 12.3 Å². The minimum Gasteiger partial charge on any atom is -0.481 e. The first-order valence-corrected chi connectivity index (χ1v) is 7.01. The standard InChI is InChI=1S/C14H25N3O2/c1-4-9-17-13(7-8-15-17)11-16(12(2)3)10-5-6-14(18)19/h7-8,12H,4-6,9-11H2,1-3H3,(H,18,19). The smallest absolute Gasteiger partial charge is 0.303 e. The van der Waals surface area contributed by atoms with E-state index in [1.54, 1.807) is 0 Å². The molecule has 0 aliphatic carbocycles. The molecule has 1 N–H and O–H groups in total. The fourth-order valence-corrected chi connectivity index (χ4v) is 2.07. The number of aliphatic carboxylic acids is 1. The fraction of sp³-hybridized carbons (Fsp3) is 0.714. The molecule has 0 spiro atoms. The molecule has 0 radical (unpaired) electrons. The maximum Gasteiger partial charge on any atom is 0.303 e. The van der Waals surface area contributed by atoms with Gasteiger partial charge in [-0.25, -0.2) is 0 Å². The molecule has 1 aromatic rings. The zero-order valence-corrected chi connectivity index (χ0v) is 12.2. The van der Waals surface area contributed by atoms with Crippen molar-refractivity contribution in [2.75, 3.05) is 6.54 Å². The van der Waals surface area contributed by atoms with Crippen molar-refractivity contribution in [1.29, 1.82) is 0 Å². The topological polar surface area (TPSA) is 58.4 Å². The van der Waals surface area contributed by atoms with Gasteiger partial charge < -0.3 is 5.11 Å². The zero-order valence-electron chi connectivity index (χ0n) is 12.2. The second-order valence-corrected chi connectivity index (χ2v) is 5.11. The van der Waals surface area contributed by atoms with E-state index in [1.807, 2.05) is 16.9 Å². The maximum atomic E-state index is 10.6. The molecule has 1 aromatic heterocycles. The Kier molecular flexibility index (Phi) is 6.56. The Labute approximate surface area is 115 Å². The van der Waals surface area contributed by atoms with E-state index >= 15 is 0 Å². The average molecular weight is 267 g/mol. The molecule has 0 saturated heterocycles. The van der Waals surface area contributed by atoms with Gasteiger partial charge in [-0.2, -0.15) is 5.10 Å². The molecule has 0 aromatic carbocycles. The van der Waals surface area contributed by atoms with Gasteiger partial charge in [0.25, 0.3) is 0 Å². The highest BCUT2D eigenvalue weighted by molar-refractivity contribution is 5.66. The summed E-state index contributed by atoms with van der Waals surface area (Å²) in [5.41, 5.74) is 1.20. The molecule has 108 valence electrons. The minimum absolute atomic E-state index is 0.234. The summed E-state index contributed by atoms with van der Waals surface area (Å²) in [6.07, 6.45) is 3.82. The van der Waals surface area contributed by atoms with E-state index in [4.69, 9.17) is 5.11 Å². The van der Waals surface area contributed by atoms with E-state index in [0.29, 0.717) is 12.5 Å². The van der Waals surface area contributed by atoms with Crippen LogP contribution in [0.25, 0.3) is 0 Å². The monoisotopic (exact) mass is 267 g/mol. The molecule has 19 heavy (non-hydrogen) atoms. The molecule has 1 rings (SSSR count). The van der Waals surface area contributed by atoms with Gasteiger partial charge in [0.2, 0.25) is 0 Å². The number of aryl methyl sites for hydroxylation is 1. The summed E-state index contributed by atoms with van der Waals surface area (Å²) in [6.45, 7) is 8.99. The molecule has 0 unspecified atom stereocenters. The number of hydrogen-bond donors (Lipinski definition) is 1. The molecule has 0 atom stereocenters. The molecular formula is C14H25N3O2. The van der Waals surface area contributed by atoms with Crippen LogP contribution in [0, 0.1) is 0 Å². The van der Waals surface area contributed by atoms with E-state index in [9.17, 15) is 4.79 Å². The predicted octanol–water partition coefficient (Wildman–Crippen LogP) is 2.37. The van der Waals surface area contributed by atoms with Crippen molar-refractivity contribution in [3.05, 3.63) is 18.0 Å². The van der Waals surface area contributed by atoms with Crippen LogP contribution in [0.4, 0.5) is 0 Å². The molecule has 0 aliphatic rings. The third-order valence-corrected chi connectivity index (χ3v) is 3.17. The second kappa shape index (κ2) is 7.94. The fourth-order valence-electron chi connectivity index (χ4n) is 2.07. The van der Waals surface area contributed by atoms with E-state index in [-0.39, 0.29) is 6.42 Å². The lowest BCUT2D eigenvalue weighted by Gasteiger charge is -2.26. The van der Waals surface area contributed by atoms with Crippen LogP contribution in [0.1, 0.15) is 45.7 Å². The maximum absolute atomic E-state index is 10.6. The average Bonchev–Trinajstić information content (AvgIpc) is 2.75. The number of carboxylic acid groups (broad SMARTS) is 1. The van der Waals surface area contributed by atoms with Gasteiger partial charge in [-0.3, -0.25) is 14.4 Å². The van der Waals surface area contributed by atoms with E-state index in [0.717, 1.165) is 26.1 Å². The summed E-state index contributed by atoms with van der Waals surface area (Å²) in [5, 5.41) is 13.0. The number of rotatable bonds is 9. The number of aromatic nitrogens is 2. The summed E-state index contributed by atoms with van der Waals surface area (Å²) in [5.74, 6) is -0.722. The molecule has 1 heterocycles. The normalized spacial score (nSPS) is 11.4. The lowest BCUT2D eigenvalue weighted by Crippen LogP contribution is -2.32. The van der Waals surface area contributed by atoms with E-state index in [2.05, 4.69) is 30.8 Å². The van der Waals surface area contributed by atoms with Gasteiger partial charge in [-0.15, -0.1) is 0 Å². The van der Waals surface area contributed by atoms with Gasteiger partial charge in [-0.05, 0) is 39.3 Å². The zero-order chi connectivity index (χ0) is 14.3. The van der Waals surface area contributed by atoms with Crippen molar-refractivity contribution in [3.8, 4) is 0 Å². The molecule has 0 bridgehead atoms. The lowest BCUT2D eigenvalue weighted by molar-refractivity contribution is -0.137. The highest BCUT2D eigenvalue weighted by Crippen LogP contribution is 2.10. The predicted molar refractivity (Wildman–Crippen MR) is 74.9 cm³/mol. The SMILES string of the molecule is CCCn1nccc1CN(CCCC(=O)O)C(C)C. The summed E-state index contributed by atoms with van der Waals surface area (Å²) >= 11 is 0. The Morgan fingerprint density at radius 1 is 1.53 bits per heavy atom. The number of carboxylic acids is 1. The molecule has 0 fully saturated rings. The van der Waals surface area contributed by atoms with Crippen molar-refractivity contribution in [2.24, 2.45) is 0 Å². The summed E-state index contributed by atoms with van der Waals surface area (Å²) in [6, 6.07) is 2.45. The molecular weight excluding hydrogens is 242 g/mol. The first-order valence-electron chi connectivity index (χ1n) is 7.01. The van der Waals surface area contributed by atoms with E-state index < -0.39 is 5.97 Å². The Bertz CT molecular complexity index is 388.